The van der Waals surface area contributed by atoms with Crippen LogP contribution in [0.25, 0.3) is 0 Å². The van der Waals surface area contributed by atoms with Gasteiger partial charge < -0.3 is 0 Å². The van der Waals surface area contributed by atoms with Gasteiger partial charge in [0.05, 0.1) is 6.54 Å². The quantitative estimate of drug-likeness (QED) is 0.483. The molecule has 1 aliphatic rings. The molecule has 3 nitrogen and oxygen atoms in total. The molecule has 1 rings (SSSR count). The zero-order valence-electron chi connectivity index (χ0n) is 7.08. The zero-order valence-corrected chi connectivity index (χ0v) is 7.08. The molecule has 0 amide bonds. The highest BCUT2D eigenvalue weighted by molar-refractivity contribution is 5.46. The van der Waals surface area contributed by atoms with Crippen LogP contribution < -0.4 is 0 Å². The minimum atomic E-state index is -0.0556. The monoisotopic (exact) mass is 156 g/mol. The summed E-state index contributed by atoms with van der Waals surface area (Å²) in [4.78, 5) is 3.89. The highest BCUT2D eigenvalue weighted by atomic mass is 16.5. The van der Waals surface area contributed by atoms with E-state index in [1.54, 1.807) is 0 Å². The number of hydrogen-bond donors (Lipinski definition) is 1. The lowest BCUT2D eigenvalue weighted by Crippen LogP contribution is -2.42. The number of nitrogens with zero attached hydrogens (tertiary/aromatic N) is 2. The molecule has 0 fully saturated rings. The normalized spacial score (nSPS) is 29.6. The van der Waals surface area contributed by atoms with Gasteiger partial charge in [0.15, 0.2) is 0 Å². The van der Waals surface area contributed by atoms with Gasteiger partial charge in [-0.2, -0.15) is 0 Å². The van der Waals surface area contributed by atoms with Gasteiger partial charge >= 0.3 is 6.34 Å². The van der Waals surface area contributed by atoms with E-state index in [-0.39, 0.29) is 4.65 Å². The number of rotatable bonds is 4. The Morgan fingerprint density at radius 2 is 2.36 bits per heavy atom. The average molecular weight is 156 g/mol. The Kier molecular flexibility index (Phi) is 3.02. The third kappa shape index (κ3) is 2.60. The van der Waals surface area contributed by atoms with Crippen molar-refractivity contribution in [2.24, 2.45) is 4.99 Å². The molecule has 1 radical (unpaired) electrons. The second kappa shape index (κ2) is 3.83. The van der Waals surface area contributed by atoms with Crippen molar-refractivity contribution in [3.8, 4) is 0 Å². The highest BCUT2D eigenvalue weighted by Crippen LogP contribution is 2.07. The van der Waals surface area contributed by atoms with Crippen LogP contribution in [0.3, 0.4) is 0 Å². The lowest BCUT2D eigenvalue weighted by atomic mass is 10.2. The summed E-state index contributed by atoms with van der Waals surface area (Å²) >= 11 is 0. The summed E-state index contributed by atoms with van der Waals surface area (Å²) < 4.78 is -0.0556. The van der Waals surface area contributed by atoms with E-state index in [9.17, 15) is 5.21 Å². The second-order valence-corrected chi connectivity index (χ2v) is 3.06. The van der Waals surface area contributed by atoms with Crippen LogP contribution in [0.2, 0.25) is 0 Å². The fourth-order valence-electron chi connectivity index (χ4n) is 1.23. The average Bonchev–Trinajstić information content (AvgIpc) is 2.38. The van der Waals surface area contributed by atoms with E-state index in [2.05, 4.69) is 18.3 Å². The van der Waals surface area contributed by atoms with Crippen LogP contribution in [-0.2, 0) is 0 Å². The molecular formula is C8H16N2O+. The molecule has 0 bridgehead atoms. The van der Waals surface area contributed by atoms with Crippen molar-refractivity contribution in [1.82, 2.24) is 0 Å². The van der Waals surface area contributed by atoms with E-state index in [1.165, 1.54) is 12.8 Å². The summed E-state index contributed by atoms with van der Waals surface area (Å²) in [6, 6.07) is 0. The van der Waals surface area contributed by atoms with E-state index in [1.807, 2.05) is 0 Å². The maximum absolute atomic E-state index is 9.65. The van der Waals surface area contributed by atoms with E-state index >= 15 is 0 Å². The van der Waals surface area contributed by atoms with Crippen molar-refractivity contribution >= 4 is 6.34 Å². The molecule has 1 atom stereocenters. The molecule has 0 aromatic rings. The molecular weight excluding hydrogens is 140 g/mol. The third-order valence-electron chi connectivity index (χ3n) is 1.97. The molecule has 0 saturated carbocycles. The van der Waals surface area contributed by atoms with Crippen LogP contribution in [-0.4, -0.2) is 35.8 Å². The number of quaternary nitrogens is 1. The standard InChI is InChI=1S/C8H16N2O/c1-2-3-4-6-10(11)7-5-9-8-10/h11H,2-7H2,1H3/q+1. The predicted octanol–water partition coefficient (Wildman–Crippen LogP) is 1.30. The minimum Gasteiger partial charge on any atom is -0.219 e. The Balaban J connectivity index is 2.18. The van der Waals surface area contributed by atoms with Crippen LogP contribution in [0.1, 0.15) is 26.2 Å². The maximum Gasteiger partial charge on any atom is 0.342 e. The fraction of sp³-hybridized carbons (Fsp3) is 0.875. The number of hydrogen-bond acceptors (Lipinski definition) is 2. The number of hydroxylamine groups is 3. The Morgan fingerprint density at radius 3 is 2.91 bits per heavy atom. The molecule has 0 aromatic heterocycles. The van der Waals surface area contributed by atoms with Crippen molar-refractivity contribution in [3.05, 3.63) is 0 Å². The lowest BCUT2D eigenvalue weighted by Gasteiger charge is -2.18. The molecule has 1 aliphatic heterocycles. The summed E-state index contributed by atoms with van der Waals surface area (Å²) in [5.74, 6) is 0. The van der Waals surface area contributed by atoms with Crippen LogP contribution in [0.5, 0.6) is 0 Å². The highest BCUT2D eigenvalue weighted by Gasteiger charge is 2.28. The van der Waals surface area contributed by atoms with Crippen LogP contribution in [0.15, 0.2) is 4.99 Å². The Bertz CT molecular complexity index is 147. The summed E-state index contributed by atoms with van der Waals surface area (Å²) in [5, 5.41) is 9.65. The van der Waals surface area contributed by atoms with Crippen LogP contribution in [0, 0.1) is 0 Å². The van der Waals surface area contributed by atoms with E-state index in [0.717, 1.165) is 19.5 Å². The van der Waals surface area contributed by atoms with E-state index < -0.39 is 0 Å². The van der Waals surface area contributed by atoms with Gasteiger partial charge in [-0.15, -0.1) is 4.65 Å². The molecule has 0 spiro atoms. The summed E-state index contributed by atoms with van der Waals surface area (Å²) in [6.45, 7) is 4.37. The van der Waals surface area contributed by atoms with Gasteiger partial charge in [-0.1, -0.05) is 13.3 Å². The largest absolute Gasteiger partial charge is 0.342 e. The van der Waals surface area contributed by atoms with Crippen molar-refractivity contribution in [1.29, 1.82) is 0 Å². The molecule has 0 saturated heterocycles. The van der Waals surface area contributed by atoms with Crippen LogP contribution in [0.4, 0.5) is 0 Å². The molecule has 1 unspecified atom stereocenters. The molecule has 11 heavy (non-hydrogen) atoms. The minimum absolute atomic E-state index is 0.0556. The molecule has 0 aromatic carbocycles. The number of unbranched alkanes of at least 4 members (excludes halogenated alkanes) is 2. The Labute approximate surface area is 67.9 Å². The first-order valence-corrected chi connectivity index (χ1v) is 4.30. The van der Waals surface area contributed by atoms with E-state index in [0.29, 0.717) is 6.54 Å². The molecule has 0 aliphatic carbocycles. The van der Waals surface area contributed by atoms with Crippen molar-refractivity contribution in [3.63, 3.8) is 0 Å². The topological polar surface area (TPSA) is 32.6 Å². The van der Waals surface area contributed by atoms with Gasteiger partial charge in [0.1, 0.15) is 13.1 Å². The van der Waals surface area contributed by atoms with Gasteiger partial charge in [-0.3, -0.25) is 0 Å². The lowest BCUT2D eigenvalue weighted by molar-refractivity contribution is -1.02. The molecule has 1 N–H and O–H groups in total. The summed E-state index contributed by atoms with van der Waals surface area (Å²) in [6.07, 6.45) is 6.15. The van der Waals surface area contributed by atoms with Crippen molar-refractivity contribution in [2.75, 3.05) is 19.6 Å². The Morgan fingerprint density at radius 1 is 1.55 bits per heavy atom. The third-order valence-corrected chi connectivity index (χ3v) is 1.97. The molecule has 3 heteroatoms. The Hall–Kier alpha value is -0.410. The first kappa shape index (κ1) is 8.68. The first-order valence-electron chi connectivity index (χ1n) is 4.30. The summed E-state index contributed by atoms with van der Waals surface area (Å²) in [7, 11) is 0. The van der Waals surface area contributed by atoms with Gasteiger partial charge in [0.25, 0.3) is 0 Å². The SMILES string of the molecule is CCCCC[N+]1(O)[C]=NCC1. The van der Waals surface area contributed by atoms with Crippen molar-refractivity contribution < 1.29 is 9.85 Å². The second-order valence-electron chi connectivity index (χ2n) is 3.06. The van der Waals surface area contributed by atoms with Crippen LogP contribution >= 0.6 is 0 Å². The smallest absolute Gasteiger partial charge is 0.219 e. The van der Waals surface area contributed by atoms with Gasteiger partial charge in [0.2, 0.25) is 0 Å². The van der Waals surface area contributed by atoms with E-state index in [4.69, 9.17) is 0 Å². The summed E-state index contributed by atoms with van der Waals surface area (Å²) in [5.41, 5.74) is 0. The fourth-order valence-corrected chi connectivity index (χ4v) is 1.23. The zero-order chi connectivity index (χ0) is 8.16. The van der Waals surface area contributed by atoms with Gasteiger partial charge in [-0.25, -0.2) is 10.2 Å². The maximum atomic E-state index is 9.65. The van der Waals surface area contributed by atoms with Crippen molar-refractivity contribution in [2.45, 2.75) is 26.2 Å². The first-order chi connectivity index (χ1) is 5.27. The molecule has 63 valence electrons. The van der Waals surface area contributed by atoms with Gasteiger partial charge in [0, 0.05) is 0 Å². The number of aliphatic imine (C=N–C) groups is 1. The molecule has 1 heterocycles. The predicted molar refractivity (Wildman–Crippen MR) is 43.6 cm³/mol. The van der Waals surface area contributed by atoms with Gasteiger partial charge in [-0.05, 0) is 12.8 Å².